The smallest absolute Gasteiger partial charge is 0.242 e. The van der Waals surface area contributed by atoms with Crippen molar-refractivity contribution in [2.75, 3.05) is 13.1 Å². The van der Waals surface area contributed by atoms with Crippen LogP contribution in [-0.4, -0.2) is 30.9 Å². The van der Waals surface area contributed by atoms with E-state index in [1.807, 2.05) is 24.3 Å². The fourth-order valence-electron chi connectivity index (χ4n) is 3.08. The van der Waals surface area contributed by atoms with Gasteiger partial charge in [-0.2, -0.15) is 0 Å². The summed E-state index contributed by atoms with van der Waals surface area (Å²) in [7, 11) is 0. The van der Waals surface area contributed by atoms with Crippen LogP contribution in [0.15, 0.2) is 24.3 Å². The normalized spacial score (nSPS) is 28.0. The Hall–Kier alpha value is -1.63. The van der Waals surface area contributed by atoms with Gasteiger partial charge >= 0.3 is 0 Å². The maximum atomic E-state index is 12.6. The van der Waals surface area contributed by atoms with Crippen molar-refractivity contribution >= 4 is 23.4 Å². The van der Waals surface area contributed by atoms with Crippen molar-refractivity contribution < 1.29 is 9.59 Å². The molecular formula is C16H21ClN4O2. The van der Waals surface area contributed by atoms with Gasteiger partial charge in [0.15, 0.2) is 0 Å². The quantitative estimate of drug-likeness (QED) is 0.661. The van der Waals surface area contributed by atoms with Crippen molar-refractivity contribution in [2.45, 2.75) is 31.3 Å². The SMILES string of the molecule is O=C1NCCCCC1NC(=O)C1CNNC1c1ccc(Cl)cc1. The van der Waals surface area contributed by atoms with E-state index < -0.39 is 6.04 Å². The number of rotatable bonds is 3. The van der Waals surface area contributed by atoms with E-state index in [-0.39, 0.29) is 23.8 Å². The molecule has 2 amide bonds. The first kappa shape index (κ1) is 16.2. The molecule has 0 saturated carbocycles. The molecule has 1 aromatic rings. The van der Waals surface area contributed by atoms with Crippen molar-refractivity contribution in [2.24, 2.45) is 5.92 Å². The predicted octanol–water partition coefficient (Wildman–Crippen LogP) is 0.890. The standard InChI is InChI=1S/C16H21ClN4O2/c17-11-6-4-10(5-7-11)14-12(9-19-21-14)15(22)20-13-3-1-2-8-18-16(13)23/h4-7,12-14,19,21H,1-3,8-9H2,(H,18,23)(H,20,22). The molecule has 0 radical (unpaired) electrons. The Morgan fingerprint density at radius 1 is 1.22 bits per heavy atom. The Morgan fingerprint density at radius 2 is 2.00 bits per heavy atom. The third kappa shape index (κ3) is 3.83. The van der Waals surface area contributed by atoms with Crippen LogP contribution in [0.3, 0.4) is 0 Å². The Bertz CT molecular complexity index is 578. The third-order valence-electron chi connectivity index (χ3n) is 4.40. The molecule has 4 N–H and O–H groups in total. The van der Waals surface area contributed by atoms with Crippen LogP contribution in [0, 0.1) is 5.92 Å². The Balaban J connectivity index is 1.68. The van der Waals surface area contributed by atoms with E-state index in [4.69, 9.17) is 11.6 Å². The van der Waals surface area contributed by atoms with Crippen LogP contribution in [0.25, 0.3) is 0 Å². The van der Waals surface area contributed by atoms with Gasteiger partial charge in [0.25, 0.3) is 0 Å². The molecule has 3 atom stereocenters. The molecule has 2 aliphatic rings. The van der Waals surface area contributed by atoms with Gasteiger partial charge in [0.2, 0.25) is 11.8 Å². The van der Waals surface area contributed by atoms with Crippen LogP contribution >= 0.6 is 11.6 Å². The molecule has 0 aromatic heterocycles. The summed E-state index contributed by atoms with van der Waals surface area (Å²) in [5, 5.41) is 6.41. The minimum Gasteiger partial charge on any atom is -0.354 e. The molecule has 2 fully saturated rings. The summed E-state index contributed by atoms with van der Waals surface area (Å²) in [6.07, 6.45) is 2.58. The molecule has 0 spiro atoms. The van der Waals surface area contributed by atoms with Gasteiger partial charge in [-0.05, 0) is 37.0 Å². The number of nitrogens with one attached hydrogen (secondary N) is 4. The lowest BCUT2D eigenvalue weighted by molar-refractivity contribution is -0.131. The fourth-order valence-corrected chi connectivity index (χ4v) is 3.21. The molecule has 1 aromatic carbocycles. The molecule has 124 valence electrons. The number of amides is 2. The summed E-state index contributed by atoms with van der Waals surface area (Å²) in [6.45, 7) is 1.21. The highest BCUT2D eigenvalue weighted by Gasteiger charge is 2.35. The second-order valence-electron chi connectivity index (χ2n) is 6.01. The van der Waals surface area contributed by atoms with Crippen LogP contribution in [0.5, 0.6) is 0 Å². The van der Waals surface area contributed by atoms with Gasteiger partial charge in [-0.15, -0.1) is 0 Å². The monoisotopic (exact) mass is 336 g/mol. The third-order valence-corrected chi connectivity index (χ3v) is 4.65. The van der Waals surface area contributed by atoms with Crippen LogP contribution in [0.2, 0.25) is 5.02 Å². The van der Waals surface area contributed by atoms with E-state index in [9.17, 15) is 9.59 Å². The lowest BCUT2D eigenvalue weighted by Crippen LogP contribution is -2.48. The molecule has 0 aliphatic carbocycles. The summed E-state index contributed by atoms with van der Waals surface area (Å²) in [5.74, 6) is -0.463. The minimum atomic E-state index is -0.434. The van der Waals surface area contributed by atoms with Gasteiger partial charge in [0.1, 0.15) is 6.04 Å². The highest BCUT2D eigenvalue weighted by molar-refractivity contribution is 6.30. The van der Waals surface area contributed by atoms with Gasteiger partial charge in [-0.1, -0.05) is 23.7 Å². The Kier molecular flexibility index (Phi) is 5.15. The van der Waals surface area contributed by atoms with Crippen LogP contribution in [-0.2, 0) is 9.59 Å². The Labute approximate surface area is 140 Å². The van der Waals surface area contributed by atoms with Gasteiger partial charge < -0.3 is 10.6 Å². The lowest BCUT2D eigenvalue weighted by Gasteiger charge is -2.21. The molecule has 23 heavy (non-hydrogen) atoms. The summed E-state index contributed by atoms with van der Waals surface area (Å²) in [6, 6.07) is 6.87. The second kappa shape index (κ2) is 7.29. The topological polar surface area (TPSA) is 82.3 Å². The van der Waals surface area contributed by atoms with E-state index >= 15 is 0 Å². The highest BCUT2D eigenvalue weighted by Crippen LogP contribution is 2.26. The van der Waals surface area contributed by atoms with Crippen LogP contribution in [0.4, 0.5) is 0 Å². The predicted molar refractivity (Wildman–Crippen MR) is 87.6 cm³/mol. The van der Waals surface area contributed by atoms with E-state index in [0.29, 0.717) is 24.5 Å². The van der Waals surface area contributed by atoms with Gasteiger partial charge in [-0.25, -0.2) is 5.43 Å². The molecule has 2 saturated heterocycles. The molecule has 0 bridgehead atoms. The number of hydrogen-bond acceptors (Lipinski definition) is 4. The summed E-state index contributed by atoms with van der Waals surface area (Å²) >= 11 is 5.92. The van der Waals surface area contributed by atoms with Crippen LogP contribution < -0.4 is 21.5 Å². The van der Waals surface area contributed by atoms with Crippen molar-refractivity contribution in [3.63, 3.8) is 0 Å². The molecule has 2 aliphatic heterocycles. The maximum Gasteiger partial charge on any atom is 0.242 e. The average molecular weight is 337 g/mol. The number of benzene rings is 1. The van der Waals surface area contributed by atoms with E-state index in [1.54, 1.807) is 0 Å². The summed E-state index contributed by atoms with van der Waals surface area (Å²) in [5.41, 5.74) is 7.15. The molecule has 2 heterocycles. The molecule has 3 rings (SSSR count). The highest BCUT2D eigenvalue weighted by atomic mass is 35.5. The lowest BCUT2D eigenvalue weighted by atomic mass is 9.93. The largest absolute Gasteiger partial charge is 0.354 e. The zero-order valence-corrected chi connectivity index (χ0v) is 13.5. The van der Waals surface area contributed by atoms with E-state index in [1.165, 1.54) is 0 Å². The van der Waals surface area contributed by atoms with Crippen molar-refractivity contribution in [1.29, 1.82) is 0 Å². The fraction of sp³-hybridized carbons (Fsp3) is 0.500. The van der Waals surface area contributed by atoms with Crippen LogP contribution in [0.1, 0.15) is 30.9 Å². The number of hydrogen-bond donors (Lipinski definition) is 4. The zero-order valence-electron chi connectivity index (χ0n) is 12.8. The number of carbonyl (C=O) groups excluding carboxylic acids is 2. The first-order valence-electron chi connectivity index (χ1n) is 7.97. The molecular weight excluding hydrogens is 316 g/mol. The molecule has 6 nitrogen and oxygen atoms in total. The zero-order chi connectivity index (χ0) is 16.2. The van der Waals surface area contributed by atoms with Crippen molar-refractivity contribution in [3.05, 3.63) is 34.9 Å². The van der Waals surface area contributed by atoms with Crippen molar-refractivity contribution in [1.82, 2.24) is 21.5 Å². The number of hydrazine groups is 1. The molecule has 7 heteroatoms. The first-order valence-corrected chi connectivity index (χ1v) is 8.35. The Morgan fingerprint density at radius 3 is 2.78 bits per heavy atom. The van der Waals surface area contributed by atoms with Gasteiger partial charge in [-0.3, -0.25) is 15.0 Å². The van der Waals surface area contributed by atoms with Gasteiger partial charge in [0, 0.05) is 18.1 Å². The number of carbonyl (C=O) groups is 2. The molecule has 3 unspecified atom stereocenters. The number of halogens is 1. The van der Waals surface area contributed by atoms with Crippen molar-refractivity contribution in [3.8, 4) is 0 Å². The van der Waals surface area contributed by atoms with E-state index in [0.717, 1.165) is 18.4 Å². The maximum absolute atomic E-state index is 12.6. The summed E-state index contributed by atoms with van der Waals surface area (Å²) < 4.78 is 0. The van der Waals surface area contributed by atoms with E-state index in [2.05, 4.69) is 21.5 Å². The summed E-state index contributed by atoms with van der Waals surface area (Å²) in [4.78, 5) is 24.6. The van der Waals surface area contributed by atoms with Gasteiger partial charge in [0.05, 0.1) is 12.0 Å². The average Bonchev–Trinajstić information content (AvgIpc) is 2.95. The minimum absolute atomic E-state index is 0.0854. The first-order chi connectivity index (χ1) is 11.1. The second-order valence-corrected chi connectivity index (χ2v) is 6.45.